The van der Waals surface area contributed by atoms with Crippen molar-refractivity contribution >= 4 is 21.6 Å². The van der Waals surface area contributed by atoms with Gasteiger partial charge < -0.3 is 11.1 Å². The number of halogens is 1. The number of benzene rings is 1. The Morgan fingerprint density at radius 3 is 2.79 bits per heavy atom. The second kappa shape index (κ2) is 4.94. The number of nitrogens with two attached hydrogens (primary N) is 1. The summed E-state index contributed by atoms with van der Waals surface area (Å²) in [6, 6.07) is 10.9. The van der Waals surface area contributed by atoms with Crippen LogP contribution in [0.25, 0.3) is 0 Å². The van der Waals surface area contributed by atoms with E-state index in [1.807, 2.05) is 19.2 Å². The summed E-state index contributed by atoms with van der Waals surface area (Å²) >= 11 is 3.42. The average Bonchev–Trinajstić information content (AvgIpc) is 2.72. The zero-order chi connectivity index (χ0) is 13.4. The lowest BCUT2D eigenvalue weighted by atomic mass is 10.1. The number of hydrogen-bond acceptors (Lipinski definition) is 3. The van der Waals surface area contributed by atoms with Crippen LogP contribution in [0.4, 0.5) is 5.69 Å². The number of pyridine rings is 1. The number of aryl methyl sites for hydroxylation is 1. The normalized spacial score (nSPS) is 21.2. The molecule has 3 nitrogen and oxygen atoms in total. The monoisotopic (exact) mass is 317 g/mol. The van der Waals surface area contributed by atoms with Crippen molar-refractivity contribution in [3.8, 4) is 0 Å². The summed E-state index contributed by atoms with van der Waals surface area (Å²) in [5, 5.41) is 3.53. The van der Waals surface area contributed by atoms with Crippen LogP contribution in [0.5, 0.6) is 0 Å². The van der Waals surface area contributed by atoms with Gasteiger partial charge in [0.05, 0.1) is 17.9 Å². The van der Waals surface area contributed by atoms with Crippen LogP contribution in [0, 0.1) is 6.92 Å². The molecule has 0 amide bonds. The van der Waals surface area contributed by atoms with Gasteiger partial charge in [0, 0.05) is 6.04 Å². The molecule has 0 saturated heterocycles. The molecule has 19 heavy (non-hydrogen) atoms. The number of nitrogens with one attached hydrogen (secondary N) is 1. The van der Waals surface area contributed by atoms with E-state index in [-0.39, 0.29) is 12.1 Å². The van der Waals surface area contributed by atoms with Crippen molar-refractivity contribution in [1.29, 1.82) is 0 Å². The second-order valence-corrected chi connectivity index (χ2v) is 5.75. The maximum atomic E-state index is 6.18. The molecule has 3 N–H and O–H groups in total. The third-order valence-corrected chi connectivity index (χ3v) is 4.45. The molecular formula is C15H16BrN3. The van der Waals surface area contributed by atoms with Gasteiger partial charge in [-0.2, -0.15) is 0 Å². The molecule has 2 atom stereocenters. The number of rotatable bonds is 2. The Morgan fingerprint density at radius 2 is 2.05 bits per heavy atom. The Morgan fingerprint density at radius 1 is 1.32 bits per heavy atom. The minimum atomic E-state index is 0.123. The van der Waals surface area contributed by atoms with Crippen molar-refractivity contribution in [3.05, 3.63) is 57.8 Å². The molecule has 0 bridgehead atoms. The largest absolute Gasteiger partial charge is 0.377 e. The Balaban J connectivity index is 1.87. The minimum absolute atomic E-state index is 0.123. The SMILES string of the molecule is Cc1cc(NC2CC(N)c3ccccc32)cnc1Br. The molecule has 0 fully saturated rings. The summed E-state index contributed by atoms with van der Waals surface area (Å²) in [7, 11) is 0. The fourth-order valence-corrected chi connectivity index (χ4v) is 2.87. The van der Waals surface area contributed by atoms with Crippen LogP contribution >= 0.6 is 15.9 Å². The van der Waals surface area contributed by atoms with Crippen LogP contribution in [0.2, 0.25) is 0 Å². The Labute approximate surface area is 121 Å². The highest BCUT2D eigenvalue weighted by Crippen LogP contribution is 2.39. The zero-order valence-corrected chi connectivity index (χ0v) is 12.3. The molecule has 3 rings (SSSR count). The zero-order valence-electron chi connectivity index (χ0n) is 10.7. The van der Waals surface area contributed by atoms with E-state index >= 15 is 0 Å². The summed E-state index contributed by atoms with van der Waals surface area (Å²) in [5.41, 5.74) is 10.9. The number of hydrogen-bond donors (Lipinski definition) is 2. The third kappa shape index (κ3) is 2.38. The molecule has 1 aromatic heterocycles. The Hall–Kier alpha value is -1.39. The van der Waals surface area contributed by atoms with Gasteiger partial charge in [-0.15, -0.1) is 0 Å². The number of anilines is 1. The molecule has 1 aliphatic rings. The number of fused-ring (bicyclic) bond motifs is 1. The quantitative estimate of drug-likeness (QED) is 0.830. The fraction of sp³-hybridized carbons (Fsp3) is 0.267. The lowest BCUT2D eigenvalue weighted by Crippen LogP contribution is -2.10. The highest BCUT2D eigenvalue weighted by Gasteiger charge is 2.28. The van der Waals surface area contributed by atoms with Crippen LogP contribution in [0.1, 0.15) is 35.2 Å². The van der Waals surface area contributed by atoms with Gasteiger partial charge in [0.2, 0.25) is 0 Å². The molecule has 2 unspecified atom stereocenters. The molecule has 0 aliphatic heterocycles. The van der Waals surface area contributed by atoms with Gasteiger partial charge in [0.15, 0.2) is 0 Å². The summed E-state index contributed by atoms with van der Waals surface area (Å²) in [6.45, 7) is 2.04. The summed E-state index contributed by atoms with van der Waals surface area (Å²) in [5.74, 6) is 0. The van der Waals surface area contributed by atoms with Gasteiger partial charge in [-0.05, 0) is 52.0 Å². The van der Waals surface area contributed by atoms with Gasteiger partial charge in [-0.3, -0.25) is 0 Å². The number of nitrogens with zero attached hydrogens (tertiary/aromatic N) is 1. The van der Waals surface area contributed by atoms with E-state index < -0.39 is 0 Å². The smallest absolute Gasteiger partial charge is 0.109 e. The van der Waals surface area contributed by atoms with E-state index in [2.05, 4.69) is 50.5 Å². The summed E-state index contributed by atoms with van der Waals surface area (Å²) < 4.78 is 0.890. The van der Waals surface area contributed by atoms with Gasteiger partial charge in [-0.25, -0.2) is 4.98 Å². The fourth-order valence-electron chi connectivity index (χ4n) is 2.65. The standard InChI is InChI=1S/C15H16BrN3/c1-9-6-10(8-18-15(9)16)19-14-7-13(17)11-4-2-3-5-12(11)14/h2-6,8,13-14,19H,7,17H2,1H3. The molecule has 98 valence electrons. The lowest BCUT2D eigenvalue weighted by molar-refractivity contribution is 0.648. The van der Waals surface area contributed by atoms with Crippen molar-refractivity contribution in [2.75, 3.05) is 5.32 Å². The number of aromatic nitrogens is 1. The van der Waals surface area contributed by atoms with Crippen LogP contribution in [-0.2, 0) is 0 Å². The molecule has 0 saturated carbocycles. The van der Waals surface area contributed by atoms with E-state index in [1.54, 1.807) is 0 Å². The lowest BCUT2D eigenvalue weighted by Gasteiger charge is -2.16. The maximum absolute atomic E-state index is 6.18. The van der Waals surface area contributed by atoms with Crippen molar-refractivity contribution in [2.45, 2.75) is 25.4 Å². The van der Waals surface area contributed by atoms with Gasteiger partial charge in [0.25, 0.3) is 0 Å². The Kier molecular flexibility index (Phi) is 3.29. The van der Waals surface area contributed by atoms with Crippen molar-refractivity contribution in [2.24, 2.45) is 5.73 Å². The predicted octanol–water partition coefficient (Wildman–Crippen LogP) is 3.71. The first-order chi connectivity index (χ1) is 9.15. The van der Waals surface area contributed by atoms with Crippen LogP contribution in [0.15, 0.2) is 41.1 Å². The molecule has 1 heterocycles. The topological polar surface area (TPSA) is 50.9 Å². The molecule has 4 heteroatoms. The van der Waals surface area contributed by atoms with E-state index in [0.717, 1.165) is 22.3 Å². The van der Waals surface area contributed by atoms with Gasteiger partial charge in [-0.1, -0.05) is 24.3 Å². The highest BCUT2D eigenvalue weighted by atomic mass is 79.9. The molecule has 0 spiro atoms. The maximum Gasteiger partial charge on any atom is 0.109 e. The molecular weight excluding hydrogens is 302 g/mol. The predicted molar refractivity (Wildman–Crippen MR) is 81.0 cm³/mol. The van der Waals surface area contributed by atoms with E-state index in [9.17, 15) is 0 Å². The van der Waals surface area contributed by atoms with Crippen molar-refractivity contribution in [3.63, 3.8) is 0 Å². The van der Waals surface area contributed by atoms with Crippen LogP contribution in [0.3, 0.4) is 0 Å². The molecule has 1 aliphatic carbocycles. The second-order valence-electron chi connectivity index (χ2n) is 5.00. The van der Waals surface area contributed by atoms with E-state index in [4.69, 9.17) is 5.73 Å². The third-order valence-electron chi connectivity index (χ3n) is 3.62. The van der Waals surface area contributed by atoms with Crippen LogP contribution in [-0.4, -0.2) is 4.98 Å². The van der Waals surface area contributed by atoms with Crippen molar-refractivity contribution < 1.29 is 0 Å². The van der Waals surface area contributed by atoms with E-state index in [0.29, 0.717) is 0 Å². The summed E-state index contributed by atoms with van der Waals surface area (Å²) in [6.07, 6.45) is 2.78. The van der Waals surface area contributed by atoms with E-state index in [1.165, 1.54) is 11.1 Å². The van der Waals surface area contributed by atoms with Crippen molar-refractivity contribution in [1.82, 2.24) is 4.98 Å². The van der Waals surface area contributed by atoms with Crippen LogP contribution < -0.4 is 11.1 Å². The van der Waals surface area contributed by atoms with Gasteiger partial charge >= 0.3 is 0 Å². The average molecular weight is 318 g/mol. The Bertz CT molecular complexity index is 612. The summed E-state index contributed by atoms with van der Waals surface area (Å²) in [4.78, 5) is 4.32. The molecule has 0 radical (unpaired) electrons. The molecule has 1 aromatic carbocycles. The van der Waals surface area contributed by atoms with Gasteiger partial charge in [0.1, 0.15) is 4.60 Å². The minimum Gasteiger partial charge on any atom is -0.377 e. The first-order valence-corrected chi connectivity index (χ1v) is 7.17. The first kappa shape index (κ1) is 12.6. The highest BCUT2D eigenvalue weighted by molar-refractivity contribution is 9.10. The molecule has 2 aromatic rings. The first-order valence-electron chi connectivity index (χ1n) is 6.38.